The third-order valence-electron chi connectivity index (χ3n) is 4.16. The van der Waals surface area contributed by atoms with Crippen LogP contribution in [0.15, 0.2) is 0 Å². The molecule has 0 aromatic heterocycles. The van der Waals surface area contributed by atoms with Gasteiger partial charge >= 0.3 is 0 Å². The molecule has 2 atom stereocenters. The number of ketones is 1. The molecule has 0 aromatic rings. The van der Waals surface area contributed by atoms with Gasteiger partial charge < -0.3 is 9.84 Å². The molecule has 1 N–H and O–H groups in total. The van der Waals surface area contributed by atoms with Gasteiger partial charge in [0.1, 0.15) is 6.10 Å². The van der Waals surface area contributed by atoms with E-state index >= 15 is 0 Å². The van der Waals surface area contributed by atoms with Crippen molar-refractivity contribution < 1.29 is 14.6 Å². The van der Waals surface area contributed by atoms with Crippen molar-refractivity contribution in [3.63, 3.8) is 0 Å². The van der Waals surface area contributed by atoms with Crippen LogP contribution in [0.5, 0.6) is 0 Å². The van der Waals surface area contributed by atoms with Crippen LogP contribution in [0.1, 0.15) is 57.8 Å². The van der Waals surface area contributed by atoms with Crippen molar-refractivity contribution in [2.24, 2.45) is 5.92 Å². The van der Waals surface area contributed by atoms with Crippen LogP contribution >= 0.6 is 0 Å². The maximum absolute atomic E-state index is 11.9. The summed E-state index contributed by atoms with van der Waals surface area (Å²) in [6.45, 7) is 0.837. The van der Waals surface area contributed by atoms with Crippen molar-refractivity contribution in [3.05, 3.63) is 0 Å². The first kappa shape index (κ1) is 13.0. The molecule has 2 rings (SSSR count). The van der Waals surface area contributed by atoms with Crippen LogP contribution in [0.2, 0.25) is 0 Å². The minimum atomic E-state index is -0.711. The summed E-state index contributed by atoms with van der Waals surface area (Å²) in [6.07, 6.45) is 8.66. The van der Waals surface area contributed by atoms with Gasteiger partial charge in [-0.3, -0.25) is 4.79 Å². The second kappa shape index (κ2) is 6.50. The Kier molecular flexibility index (Phi) is 4.99. The van der Waals surface area contributed by atoms with Crippen LogP contribution in [0.25, 0.3) is 0 Å². The number of carbonyl (C=O) groups is 1. The standard InChI is InChI=1S/C14H24O3/c15-13(9-8-12-7-4-10-17-12)14(16)11-5-2-1-3-6-11/h11-12,14,16H,1-10H2. The Morgan fingerprint density at radius 2 is 1.94 bits per heavy atom. The van der Waals surface area contributed by atoms with E-state index in [1.165, 1.54) is 19.3 Å². The van der Waals surface area contributed by atoms with Crippen LogP contribution in [0.3, 0.4) is 0 Å². The molecule has 1 aliphatic heterocycles. The Balaban J connectivity index is 1.70. The number of hydrogen-bond donors (Lipinski definition) is 1. The quantitative estimate of drug-likeness (QED) is 0.803. The third kappa shape index (κ3) is 3.78. The fourth-order valence-electron chi connectivity index (χ4n) is 3.04. The van der Waals surface area contributed by atoms with Gasteiger partial charge in [0.25, 0.3) is 0 Å². The summed E-state index contributed by atoms with van der Waals surface area (Å²) in [5.41, 5.74) is 0. The van der Waals surface area contributed by atoms with Crippen molar-refractivity contribution >= 4 is 5.78 Å². The maximum atomic E-state index is 11.9. The molecule has 1 saturated carbocycles. The van der Waals surface area contributed by atoms with Crippen molar-refractivity contribution in [3.8, 4) is 0 Å². The van der Waals surface area contributed by atoms with Gasteiger partial charge in [0.15, 0.2) is 5.78 Å². The monoisotopic (exact) mass is 240 g/mol. The van der Waals surface area contributed by atoms with Gasteiger partial charge in [-0.2, -0.15) is 0 Å². The smallest absolute Gasteiger partial charge is 0.161 e. The second-order valence-electron chi connectivity index (χ2n) is 5.48. The largest absolute Gasteiger partial charge is 0.385 e. The minimum absolute atomic E-state index is 0.0346. The summed E-state index contributed by atoms with van der Waals surface area (Å²) in [5, 5.41) is 10.0. The van der Waals surface area contributed by atoms with Crippen molar-refractivity contribution in [1.82, 2.24) is 0 Å². The van der Waals surface area contributed by atoms with Crippen LogP contribution in [-0.4, -0.2) is 29.7 Å². The molecule has 1 aliphatic carbocycles. The van der Waals surface area contributed by atoms with Crippen LogP contribution in [-0.2, 0) is 9.53 Å². The fraction of sp³-hybridized carbons (Fsp3) is 0.929. The zero-order valence-electron chi connectivity index (χ0n) is 10.6. The van der Waals surface area contributed by atoms with Crippen molar-refractivity contribution in [1.29, 1.82) is 0 Å². The van der Waals surface area contributed by atoms with E-state index in [1.54, 1.807) is 0 Å². The van der Waals surface area contributed by atoms with Gasteiger partial charge in [0.2, 0.25) is 0 Å². The van der Waals surface area contributed by atoms with Gasteiger partial charge in [-0.25, -0.2) is 0 Å². The normalized spacial score (nSPS) is 28.2. The van der Waals surface area contributed by atoms with E-state index in [9.17, 15) is 9.90 Å². The molecular formula is C14H24O3. The first-order valence-electron chi connectivity index (χ1n) is 7.10. The maximum Gasteiger partial charge on any atom is 0.161 e. The second-order valence-corrected chi connectivity index (χ2v) is 5.48. The zero-order valence-corrected chi connectivity index (χ0v) is 10.6. The lowest BCUT2D eigenvalue weighted by molar-refractivity contribution is -0.131. The van der Waals surface area contributed by atoms with E-state index in [0.29, 0.717) is 6.42 Å². The molecule has 1 saturated heterocycles. The van der Waals surface area contributed by atoms with E-state index in [1.807, 2.05) is 0 Å². The number of carbonyl (C=O) groups excluding carboxylic acids is 1. The third-order valence-corrected chi connectivity index (χ3v) is 4.16. The highest BCUT2D eigenvalue weighted by molar-refractivity contribution is 5.83. The van der Waals surface area contributed by atoms with Gasteiger partial charge in [-0.1, -0.05) is 19.3 Å². The number of rotatable bonds is 5. The molecule has 3 heteroatoms. The molecule has 0 aromatic carbocycles. The molecule has 17 heavy (non-hydrogen) atoms. The minimum Gasteiger partial charge on any atom is -0.385 e. The molecule has 2 fully saturated rings. The lowest BCUT2D eigenvalue weighted by atomic mass is 9.83. The fourth-order valence-corrected chi connectivity index (χ4v) is 3.04. The molecule has 2 aliphatic rings. The number of ether oxygens (including phenoxy) is 1. The number of aliphatic hydroxyl groups excluding tert-OH is 1. The summed E-state index contributed by atoms with van der Waals surface area (Å²) >= 11 is 0. The first-order valence-corrected chi connectivity index (χ1v) is 7.10. The van der Waals surface area contributed by atoms with Gasteiger partial charge in [0, 0.05) is 13.0 Å². The van der Waals surface area contributed by atoms with E-state index in [-0.39, 0.29) is 17.8 Å². The molecule has 2 unspecified atom stereocenters. The van der Waals surface area contributed by atoms with Crippen molar-refractivity contribution in [2.75, 3.05) is 6.61 Å². The lowest BCUT2D eigenvalue weighted by Gasteiger charge is -2.25. The topological polar surface area (TPSA) is 46.5 Å². The molecule has 0 amide bonds. The zero-order chi connectivity index (χ0) is 12.1. The van der Waals surface area contributed by atoms with E-state index in [2.05, 4.69) is 0 Å². The van der Waals surface area contributed by atoms with Gasteiger partial charge in [-0.15, -0.1) is 0 Å². The summed E-state index contributed by atoms with van der Waals surface area (Å²) in [7, 11) is 0. The molecular weight excluding hydrogens is 216 g/mol. The Morgan fingerprint density at radius 1 is 1.18 bits per heavy atom. The number of hydrogen-bond acceptors (Lipinski definition) is 3. The first-order chi connectivity index (χ1) is 8.27. The molecule has 98 valence electrons. The molecule has 1 heterocycles. The van der Waals surface area contributed by atoms with Crippen molar-refractivity contribution in [2.45, 2.75) is 70.0 Å². The molecule has 0 spiro atoms. The van der Waals surface area contributed by atoms with Crippen LogP contribution in [0.4, 0.5) is 0 Å². The SMILES string of the molecule is O=C(CCC1CCCO1)C(O)C1CCCCC1. The van der Waals surface area contributed by atoms with Crippen LogP contribution in [0, 0.1) is 5.92 Å². The highest BCUT2D eigenvalue weighted by atomic mass is 16.5. The van der Waals surface area contributed by atoms with Gasteiger partial charge in [0.05, 0.1) is 6.10 Å². The highest BCUT2D eigenvalue weighted by Gasteiger charge is 2.28. The summed E-state index contributed by atoms with van der Waals surface area (Å²) in [5.74, 6) is 0.258. The lowest BCUT2D eigenvalue weighted by Crippen LogP contribution is -2.31. The average Bonchev–Trinajstić information content (AvgIpc) is 2.89. The summed E-state index contributed by atoms with van der Waals surface area (Å²) < 4.78 is 5.49. The molecule has 0 radical (unpaired) electrons. The van der Waals surface area contributed by atoms with Crippen LogP contribution < -0.4 is 0 Å². The predicted octanol–water partition coefficient (Wildman–Crippen LogP) is 2.46. The van der Waals surface area contributed by atoms with Gasteiger partial charge in [-0.05, 0) is 38.0 Å². The number of aliphatic hydroxyl groups is 1. The average molecular weight is 240 g/mol. The molecule has 3 nitrogen and oxygen atoms in total. The summed E-state index contributed by atoms with van der Waals surface area (Å²) in [6, 6.07) is 0. The summed E-state index contributed by atoms with van der Waals surface area (Å²) in [4.78, 5) is 11.9. The Hall–Kier alpha value is -0.410. The van der Waals surface area contributed by atoms with E-state index < -0.39 is 6.10 Å². The Labute approximate surface area is 104 Å². The molecule has 0 bridgehead atoms. The van der Waals surface area contributed by atoms with E-state index in [0.717, 1.165) is 38.7 Å². The number of Topliss-reactive ketones (excluding diaryl/α,β-unsaturated/α-hetero) is 1. The Morgan fingerprint density at radius 3 is 2.59 bits per heavy atom. The predicted molar refractivity (Wildman–Crippen MR) is 65.8 cm³/mol. The highest BCUT2D eigenvalue weighted by Crippen LogP contribution is 2.28. The van der Waals surface area contributed by atoms with E-state index in [4.69, 9.17) is 4.74 Å². The Bertz CT molecular complexity index is 240.